The zero-order valence-electron chi connectivity index (χ0n) is 4.95. The summed E-state index contributed by atoms with van der Waals surface area (Å²) in [4.78, 5) is 3.82. The smallest absolute Gasteiger partial charge is 0.212 e. The zero-order valence-corrected chi connectivity index (χ0v) is 4.95. The Balaban J connectivity index is 2.65. The fourth-order valence-corrected chi connectivity index (χ4v) is 0.518. The molecule has 0 saturated carbocycles. The minimum atomic E-state index is -0.264. The highest BCUT2D eigenvalue weighted by Crippen LogP contribution is 2.03. The first-order chi connectivity index (χ1) is 4.34. The van der Waals surface area contributed by atoms with Crippen molar-refractivity contribution < 1.29 is 4.42 Å². The van der Waals surface area contributed by atoms with E-state index in [1.54, 1.807) is 6.20 Å². The summed E-state index contributed by atoms with van der Waals surface area (Å²) in [5.74, 6) is 0.498. The highest BCUT2D eigenvalue weighted by molar-refractivity contribution is 4.88. The van der Waals surface area contributed by atoms with Crippen molar-refractivity contribution in [3.63, 3.8) is 0 Å². The molecular formula is C5H9N3O. The SMILES string of the molecule is NCC(N)c1ncco1. The molecule has 1 rings (SSSR count). The van der Waals surface area contributed by atoms with Crippen LogP contribution in [0.2, 0.25) is 0 Å². The van der Waals surface area contributed by atoms with Crippen molar-refractivity contribution in [3.05, 3.63) is 18.4 Å². The second kappa shape index (κ2) is 2.61. The molecule has 0 aliphatic carbocycles. The normalized spacial score (nSPS) is 13.6. The first-order valence-electron chi connectivity index (χ1n) is 2.69. The summed E-state index contributed by atoms with van der Waals surface area (Å²) < 4.78 is 4.87. The Kier molecular flexibility index (Phi) is 1.81. The van der Waals surface area contributed by atoms with Crippen LogP contribution in [0.25, 0.3) is 0 Å². The van der Waals surface area contributed by atoms with Crippen LogP contribution >= 0.6 is 0 Å². The molecule has 1 aromatic heterocycles. The number of aromatic nitrogens is 1. The average molecular weight is 127 g/mol. The van der Waals surface area contributed by atoms with E-state index in [2.05, 4.69) is 4.98 Å². The minimum Gasteiger partial charge on any atom is -0.447 e. The van der Waals surface area contributed by atoms with Gasteiger partial charge in [0.1, 0.15) is 6.26 Å². The summed E-state index contributed by atoms with van der Waals surface area (Å²) in [6.45, 7) is 0.362. The molecule has 0 aromatic carbocycles. The van der Waals surface area contributed by atoms with E-state index in [9.17, 15) is 0 Å². The van der Waals surface area contributed by atoms with Gasteiger partial charge in [-0.2, -0.15) is 0 Å². The van der Waals surface area contributed by atoms with E-state index in [4.69, 9.17) is 15.9 Å². The molecule has 0 bridgehead atoms. The Hall–Kier alpha value is -0.870. The number of nitrogens with zero attached hydrogens (tertiary/aromatic N) is 1. The molecule has 0 amide bonds. The maximum atomic E-state index is 5.46. The van der Waals surface area contributed by atoms with E-state index in [0.29, 0.717) is 12.4 Å². The molecule has 4 heteroatoms. The summed E-state index contributed by atoms with van der Waals surface area (Å²) in [7, 11) is 0. The van der Waals surface area contributed by atoms with Gasteiger partial charge in [-0.05, 0) is 0 Å². The van der Waals surface area contributed by atoms with Gasteiger partial charge >= 0.3 is 0 Å². The molecule has 4 nitrogen and oxygen atoms in total. The molecule has 0 spiro atoms. The third kappa shape index (κ3) is 1.28. The van der Waals surface area contributed by atoms with Gasteiger partial charge < -0.3 is 15.9 Å². The molecular weight excluding hydrogens is 118 g/mol. The van der Waals surface area contributed by atoms with E-state index >= 15 is 0 Å². The summed E-state index contributed by atoms with van der Waals surface area (Å²) in [6.07, 6.45) is 3.02. The lowest BCUT2D eigenvalue weighted by Crippen LogP contribution is -2.20. The quantitative estimate of drug-likeness (QED) is 0.568. The monoisotopic (exact) mass is 127 g/mol. The van der Waals surface area contributed by atoms with Crippen LogP contribution in [0.4, 0.5) is 0 Å². The number of nitrogens with two attached hydrogens (primary N) is 2. The highest BCUT2D eigenvalue weighted by atomic mass is 16.3. The largest absolute Gasteiger partial charge is 0.447 e. The molecule has 0 aliphatic heterocycles. The van der Waals surface area contributed by atoms with Crippen LogP contribution in [0.1, 0.15) is 11.9 Å². The molecule has 9 heavy (non-hydrogen) atoms. The standard InChI is InChI=1S/C5H9N3O/c6-3-4(7)5-8-1-2-9-5/h1-2,4H,3,6-7H2. The predicted molar refractivity (Wildman–Crippen MR) is 32.5 cm³/mol. The fraction of sp³-hybridized carbons (Fsp3) is 0.400. The Morgan fingerprint density at radius 1 is 1.78 bits per heavy atom. The lowest BCUT2D eigenvalue weighted by molar-refractivity contribution is 0.453. The van der Waals surface area contributed by atoms with Crippen molar-refractivity contribution in [3.8, 4) is 0 Å². The Bertz CT molecular complexity index is 161. The van der Waals surface area contributed by atoms with Crippen molar-refractivity contribution >= 4 is 0 Å². The van der Waals surface area contributed by atoms with Crippen LogP contribution in [-0.4, -0.2) is 11.5 Å². The first kappa shape index (κ1) is 6.25. The molecule has 1 heterocycles. The summed E-state index contributed by atoms with van der Waals surface area (Å²) in [5.41, 5.74) is 10.7. The number of rotatable bonds is 2. The van der Waals surface area contributed by atoms with Crippen LogP contribution in [0.5, 0.6) is 0 Å². The molecule has 1 unspecified atom stereocenters. The van der Waals surface area contributed by atoms with Gasteiger partial charge in [-0.15, -0.1) is 0 Å². The molecule has 0 aliphatic rings. The molecule has 0 radical (unpaired) electrons. The number of hydrogen-bond acceptors (Lipinski definition) is 4. The number of oxazole rings is 1. The van der Waals surface area contributed by atoms with Crippen LogP contribution in [0.15, 0.2) is 16.9 Å². The molecule has 0 fully saturated rings. The maximum absolute atomic E-state index is 5.46. The topological polar surface area (TPSA) is 78.1 Å². The van der Waals surface area contributed by atoms with Gasteiger partial charge in [0.2, 0.25) is 5.89 Å². The van der Waals surface area contributed by atoms with Crippen molar-refractivity contribution in [2.45, 2.75) is 6.04 Å². The van der Waals surface area contributed by atoms with E-state index in [1.165, 1.54) is 6.26 Å². The Morgan fingerprint density at radius 3 is 3.00 bits per heavy atom. The maximum Gasteiger partial charge on any atom is 0.212 e. The van der Waals surface area contributed by atoms with E-state index in [1.807, 2.05) is 0 Å². The van der Waals surface area contributed by atoms with Crippen LogP contribution in [0.3, 0.4) is 0 Å². The highest BCUT2D eigenvalue weighted by Gasteiger charge is 2.05. The summed E-state index contributed by atoms with van der Waals surface area (Å²) in [6, 6.07) is -0.264. The number of hydrogen-bond donors (Lipinski definition) is 2. The van der Waals surface area contributed by atoms with Crippen molar-refractivity contribution in [2.75, 3.05) is 6.54 Å². The fourth-order valence-electron chi connectivity index (χ4n) is 0.518. The van der Waals surface area contributed by atoms with Gasteiger partial charge in [0.15, 0.2) is 0 Å². The first-order valence-corrected chi connectivity index (χ1v) is 2.69. The van der Waals surface area contributed by atoms with Crippen LogP contribution in [0, 0.1) is 0 Å². The van der Waals surface area contributed by atoms with Gasteiger partial charge in [-0.3, -0.25) is 0 Å². The van der Waals surface area contributed by atoms with Gasteiger partial charge in [0, 0.05) is 6.54 Å². The van der Waals surface area contributed by atoms with Gasteiger partial charge in [0.25, 0.3) is 0 Å². The van der Waals surface area contributed by atoms with Crippen molar-refractivity contribution in [1.29, 1.82) is 0 Å². The van der Waals surface area contributed by atoms with E-state index in [-0.39, 0.29) is 6.04 Å². The van der Waals surface area contributed by atoms with Crippen molar-refractivity contribution in [1.82, 2.24) is 4.98 Å². The van der Waals surface area contributed by atoms with Gasteiger partial charge in [-0.25, -0.2) is 4.98 Å². The van der Waals surface area contributed by atoms with Gasteiger partial charge in [-0.1, -0.05) is 0 Å². The third-order valence-corrected chi connectivity index (χ3v) is 1.02. The molecule has 4 N–H and O–H groups in total. The minimum absolute atomic E-state index is 0.264. The summed E-state index contributed by atoms with van der Waals surface area (Å²) in [5, 5.41) is 0. The van der Waals surface area contributed by atoms with Crippen LogP contribution < -0.4 is 11.5 Å². The molecule has 50 valence electrons. The molecule has 1 atom stereocenters. The van der Waals surface area contributed by atoms with E-state index in [0.717, 1.165) is 0 Å². The second-order valence-electron chi connectivity index (χ2n) is 1.71. The van der Waals surface area contributed by atoms with E-state index < -0.39 is 0 Å². The summed E-state index contributed by atoms with van der Waals surface area (Å²) >= 11 is 0. The lowest BCUT2D eigenvalue weighted by Gasteiger charge is -2.00. The Labute approximate surface area is 52.9 Å². The molecule has 1 aromatic rings. The van der Waals surface area contributed by atoms with Crippen molar-refractivity contribution in [2.24, 2.45) is 11.5 Å². The lowest BCUT2D eigenvalue weighted by atomic mass is 10.3. The Morgan fingerprint density at radius 2 is 2.56 bits per heavy atom. The average Bonchev–Trinajstić information content (AvgIpc) is 2.37. The zero-order chi connectivity index (χ0) is 6.69. The van der Waals surface area contributed by atoms with Crippen LogP contribution in [-0.2, 0) is 0 Å². The second-order valence-corrected chi connectivity index (χ2v) is 1.71. The van der Waals surface area contributed by atoms with Gasteiger partial charge in [0.05, 0.1) is 12.2 Å². The predicted octanol–water partition coefficient (Wildman–Crippen LogP) is -0.367. The molecule has 0 saturated heterocycles. The third-order valence-electron chi connectivity index (χ3n) is 1.02.